The van der Waals surface area contributed by atoms with Crippen LogP contribution in [0.25, 0.3) is 0 Å². The molecule has 0 saturated heterocycles. The molecule has 1 aliphatic heterocycles. The summed E-state index contributed by atoms with van der Waals surface area (Å²) in [5.41, 5.74) is 0.433. The molecule has 0 bridgehead atoms. The van der Waals surface area contributed by atoms with Gasteiger partial charge in [0.25, 0.3) is 5.91 Å². The second-order valence-electron chi connectivity index (χ2n) is 1.81. The number of fused-ring (bicyclic) bond motifs is 1. The first-order valence-corrected chi connectivity index (χ1v) is 2.69. The summed E-state index contributed by atoms with van der Waals surface area (Å²) in [6, 6.07) is 0. The van der Waals surface area contributed by atoms with E-state index < -0.39 is 0 Å². The lowest BCUT2D eigenvalue weighted by molar-refractivity contribution is 0.0974. The number of rotatable bonds is 0. The van der Waals surface area contributed by atoms with Crippen molar-refractivity contribution in [3.63, 3.8) is 0 Å². The van der Waals surface area contributed by atoms with Crippen LogP contribution in [-0.4, -0.2) is 22.4 Å². The number of aromatic amines is 1. The highest BCUT2D eigenvalue weighted by molar-refractivity contribution is 6.06. The number of aromatic nitrogens is 2. The van der Waals surface area contributed by atoms with Gasteiger partial charge in [0.2, 0.25) is 0 Å². The van der Waals surface area contributed by atoms with Gasteiger partial charge in [-0.05, 0) is 0 Å². The molecule has 5 nitrogen and oxygen atoms in total. The summed E-state index contributed by atoms with van der Waals surface area (Å²) in [6.45, 7) is 0. The number of aliphatic imine (C=N–C) groups is 1. The Morgan fingerprint density at radius 2 is 2.40 bits per heavy atom. The number of hydrogen-bond acceptors (Lipinski definition) is 3. The Hall–Kier alpha value is -1.65. The summed E-state index contributed by atoms with van der Waals surface area (Å²) in [4.78, 5) is 14.6. The molecule has 2 heterocycles. The second-order valence-corrected chi connectivity index (χ2v) is 1.81. The molecule has 0 aromatic carbocycles. The molecule has 1 amide bonds. The molecule has 2 rings (SSSR count). The van der Waals surface area contributed by atoms with Gasteiger partial charge in [-0.2, -0.15) is 10.4 Å². The minimum atomic E-state index is -0.293. The first-order valence-electron chi connectivity index (χ1n) is 2.69. The first kappa shape index (κ1) is 5.16. The van der Waals surface area contributed by atoms with Gasteiger partial charge < -0.3 is 0 Å². The fraction of sp³-hybridized carbons (Fsp3) is 0. The van der Waals surface area contributed by atoms with Gasteiger partial charge in [0.05, 0.1) is 6.20 Å². The fourth-order valence-corrected chi connectivity index (χ4v) is 0.743. The monoisotopic (exact) mass is 135 g/mol. The molecule has 0 aliphatic carbocycles. The summed E-state index contributed by atoms with van der Waals surface area (Å²) < 4.78 is 0. The molecule has 1 aliphatic rings. The van der Waals surface area contributed by atoms with Crippen LogP contribution in [0.15, 0.2) is 11.2 Å². The van der Waals surface area contributed by atoms with Gasteiger partial charge in [0, 0.05) is 0 Å². The van der Waals surface area contributed by atoms with Crippen molar-refractivity contribution in [1.82, 2.24) is 15.5 Å². The van der Waals surface area contributed by atoms with Crippen LogP contribution in [0.2, 0.25) is 0 Å². The van der Waals surface area contributed by atoms with E-state index in [0.717, 1.165) is 0 Å². The Kier molecular flexibility index (Phi) is 0.858. The molecule has 1 radical (unpaired) electrons. The number of carbonyl (C=O) groups is 1. The Balaban J connectivity index is 2.62. The average Bonchev–Trinajstić information content (AvgIpc) is 2.36. The number of nitrogens with one attached hydrogen (secondary N) is 1. The third kappa shape index (κ3) is 0.540. The maximum absolute atomic E-state index is 10.8. The molecule has 5 heteroatoms. The van der Waals surface area contributed by atoms with E-state index >= 15 is 0 Å². The van der Waals surface area contributed by atoms with Crippen LogP contribution in [0, 0.1) is 0 Å². The highest BCUT2D eigenvalue weighted by Crippen LogP contribution is 2.15. The molecule has 1 N–H and O–H groups in total. The van der Waals surface area contributed by atoms with Gasteiger partial charge in [0.15, 0.2) is 5.82 Å². The number of nitrogens with zero attached hydrogens (tertiary/aromatic N) is 3. The SMILES string of the molecule is O=C1[N]C=Nc2[nH]ncc21. The summed E-state index contributed by atoms with van der Waals surface area (Å²) in [7, 11) is 0. The third-order valence-electron chi connectivity index (χ3n) is 1.21. The van der Waals surface area contributed by atoms with E-state index in [0.29, 0.717) is 11.4 Å². The Bertz CT molecular complexity index is 300. The van der Waals surface area contributed by atoms with Crippen LogP contribution in [0.5, 0.6) is 0 Å². The maximum atomic E-state index is 10.8. The van der Waals surface area contributed by atoms with Crippen molar-refractivity contribution < 1.29 is 4.79 Å². The lowest BCUT2D eigenvalue weighted by atomic mass is 10.3. The summed E-state index contributed by atoms with van der Waals surface area (Å²) in [5, 5.41) is 9.65. The van der Waals surface area contributed by atoms with E-state index in [2.05, 4.69) is 20.5 Å². The number of amides is 1. The Morgan fingerprint density at radius 3 is 3.20 bits per heavy atom. The van der Waals surface area contributed by atoms with E-state index in [1.807, 2.05) is 0 Å². The Morgan fingerprint density at radius 1 is 1.50 bits per heavy atom. The van der Waals surface area contributed by atoms with Crippen LogP contribution in [0.4, 0.5) is 5.82 Å². The van der Waals surface area contributed by atoms with Gasteiger partial charge in [-0.3, -0.25) is 9.89 Å². The van der Waals surface area contributed by atoms with Gasteiger partial charge in [-0.1, -0.05) is 0 Å². The number of hydrogen-bond donors (Lipinski definition) is 1. The van der Waals surface area contributed by atoms with E-state index in [9.17, 15) is 4.79 Å². The molecule has 0 fully saturated rings. The highest BCUT2D eigenvalue weighted by Gasteiger charge is 2.16. The molecular formula is C5H3N4O. The topological polar surface area (TPSA) is 72.2 Å². The Labute approximate surface area is 56.2 Å². The van der Waals surface area contributed by atoms with Crippen LogP contribution in [0.3, 0.4) is 0 Å². The van der Waals surface area contributed by atoms with Crippen LogP contribution < -0.4 is 5.32 Å². The second kappa shape index (κ2) is 1.66. The minimum Gasteiger partial charge on any atom is -0.267 e. The van der Waals surface area contributed by atoms with Gasteiger partial charge >= 0.3 is 0 Å². The number of carbonyl (C=O) groups excluding carboxylic acids is 1. The van der Waals surface area contributed by atoms with Gasteiger partial charge in [-0.25, -0.2) is 4.99 Å². The zero-order chi connectivity index (χ0) is 6.97. The van der Waals surface area contributed by atoms with Crippen molar-refractivity contribution in [2.75, 3.05) is 0 Å². The van der Waals surface area contributed by atoms with Crippen molar-refractivity contribution in [2.45, 2.75) is 0 Å². The lowest BCUT2D eigenvalue weighted by Gasteiger charge is -1.98. The molecule has 0 spiro atoms. The fourth-order valence-electron chi connectivity index (χ4n) is 0.743. The predicted octanol–water partition coefficient (Wildman–Crippen LogP) is -0.172. The zero-order valence-electron chi connectivity index (χ0n) is 4.90. The maximum Gasteiger partial charge on any atom is 0.283 e. The van der Waals surface area contributed by atoms with Crippen molar-refractivity contribution in [1.29, 1.82) is 0 Å². The normalized spacial score (nSPS) is 14.6. The molecule has 1 aromatic rings. The third-order valence-corrected chi connectivity index (χ3v) is 1.21. The van der Waals surface area contributed by atoms with E-state index in [1.54, 1.807) is 0 Å². The highest BCUT2D eigenvalue weighted by atomic mass is 16.1. The van der Waals surface area contributed by atoms with Gasteiger partial charge in [0.1, 0.15) is 11.9 Å². The van der Waals surface area contributed by atoms with Crippen LogP contribution >= 0.6 is 0 Å². The van der Waals surface area contributed by atoms with Gasteiger partial charge in [-0.15, -0.1) is 0 Å². The molecule has 0 atom stereocenters. The van der Waals surface area contributed by atoms with E-state index in [4.69, 9.17) is 0 Å². The molecular weight excluding hydrogens is 132 g/mol. The first-order chi connectivity index (χ1) is 4.88. The summed E-state index contributed by atoms with van der Waals surface area (Å²) in [5.74, 6) is 0.193. The van der Waals surface area contributed by atoms with Crippen molar-refractivity contribution in [3.05, 3.63) is 11.8 Å². The average molecular weight is 135 g/mol. The molecule has 0 saturated carbocycles. The lowest BCUT2D eigenvalue weighted by Crippen LogP contribution is -2.16. The summed E-state index contributed by atoms with van der Waals surface area (Å²) in [6.07, 6.45) is 2.63. The molecule has 49 valence electrons. The van der Waals surface area contributed by atoms with Crippen molar-refractivity contribution in [2.24, 2.45) is 4.99 Å². The van der Waals surface area contributed by atoms with Crippen LogP contribution in [-0.2, 0) is 0 Å². The number of H-pyrrole nitrogens is 1. The van der Waals surface area contributed by atoms with Crippen molar-refractivity contribution in [3.8, 4) is 0 Å². The minimum absolute atomic E-state index is 0.293. The summed E-state index contributed by atoms with van der Waals surface area (Å²) >= 11 is 0. The quantitative estimate of drug-likeness (QED) is 0.536. The molecule has 0 unspecified atom stereocenters. The standard InChI is InChI=1S/C5H3N4O/c10-5-3-1-8-9-4(3)6-2-7-5/h1-2H,(H,8,9). The van der Waals surface area contributed by atoms with Crippen LogP contribution in [0.1, 0.15) is 10.4 Å². The molecule has 10 heavy (non-hydrogen) atoms. The zero-order valence-corrected chi connectivity index (χ0v) is 4.90. The predicted molar refractivity (Wildman–Crippen MR) is 33.2 cm³/mol. The smallest absolute Gasteiger partial charge is 0.267 e. The van der Waals surface area contributed by atoms with Crippen molar-refractivity contribution >= 4 is 18.1 Å². The molecule has 1 aromatic heterocycles. The largest absolute Gasteiger partial charge is 0.283 e. The van der Waals surface area contributed by atoms with E-state index in [-0.39, 0.29) is 5.91 Å². The van der Waals surface area contributed by atoms with E-state index in [1.165, 1.54) is 12.5 Å².